The van der Waals surface area contributed by atoms with Gasteiger partial charge in [0.1, 0.15) is 6.33 Å². The quantitative estimate of drug-likeness (QED) is 0.108. The Morgan fingerprint density at radius 2 is 1.85 bits per heavy atom. The van der Waals surface area contributed by atoms with Crippen LogP contribution in [0.2, 0.25) is 18.1 Å². The monoisotopic (exact) mass is 669 g/mol. The van der Waals surface area contributed by atoms with E-state index in [1.165, 1.54) is 6.33 Å². The maximum Gasteiger partial charge on any atom is 0.259 e. The lowest BCUT2D eigenvalue weighted by atomic mass is 10.2. The average Bonchev–Trinajstić information content (AvgIpc) is 3.59. The maximum absolute atomic E-state index is 12.9. The first kappa shape index (κ1) is 36.0. The first-order valence-electron chi connectivity index (χ1n) is 15.8. The lowest BCUT2D eigenvalue weighted by molar-refractivity contribution is -0.0443. The van der Waals surface area contributed by atoms with Crippen molar-refractivity contribution in [1.29, 1.82) is 5.26 Å². The van der Waals surface area contributed by atoms with Crippen LogP contribution in [0.3, 0.4) is 0 Å². The van der Waals surface area contributed by atoms with Crippen LogP contribution in [0, 0.1) is 11.3 Å². The van der Waals surface area contributed by atoms with Crippen molar-refractivity contribution in [1.82, 2.24) is 24.2 Å². The average molecular weight is 670 g/mol. The van der Waals surface area contributed by atoms with E-state index in [9.17, 15) is 4.79 Å². The van der Waals surface area contributed by atoms with Gasteiger partial charge >= 0.3 is 0 Å². The second kappa shape index (κ2) is 15.4. The van der Waals surface area contributed by atoms with Gasteiger partial charge in [-0.15, -0.1) is 0 Å². The maximum atomic E-state index is 12.9. The molecule has 2 aromatic heterocycles. The summed E-state index contributed by atoms with van der Waals surface area (Å²) < 4.78 is 30.3. The van der Waals surface area contributed by atoms with Crippen LogP contribution in [0.25, 0.3) is 11.2 Å². The number of anilines is 1. The minimum absolute atomic E-state index is 0.0157. The molecule has 1 saturated heterocycles. The largest absolute Gasteiger partial charge is 0.409 e. The number of benzene rings is 1. The van der Waals surface area contributed by atoms with Crippen LogP contribution >= 0.6 is 8.53 Å². The van der Waals surface area contributed by atoms with Crippen molar-refractivity contribution in [2.24, 2.45) is 0 Å². The third-order valence-corrected chi connectivity index (χ3v) is 14.9. The highest BCUT2D eigenvalue weighted by Gasteiger charge is 2.46. The van der Waals surface area contributed by atoms with E-state index in [0.29, 0.717) is 48.6 Å². The van der Waals surface area contributed by atoms with Crippen molar-refractivity contribution in [3.8, 4) is 6.07 Å². The summed E-state index contributed by atoms with van der Waals surface area (Å²) in [5, 5.41) is 11.9. The van der Waals surface area contributed by atoms with Crippen molar-refractivity contribution < 1.29 is 23.0 Å². The van der Waals surface area contributed by atoms with E-state index in [-0.39, 0.29) is 35.2 Å². The van der Waals surface area contributed by atoms with Crippen molar-refractivity contribution >= 4 is 39.7 Å². The summed E-state index contributed by atoms with van der Waals surface area (Å²) in [6.07, 6.45) is 2.87. The van der Waals surface area contributed by atoms with Gasteiger partial charge in [0.25, 0.3) is 14.4 Å². The number of nitrogens with zero attached hydrogens (tertiary/aromatic N) is 6. The Hall–Kier alpha value is -2.82. The number of amides is 1. The first-order chi connectivity index (χ1) is 21.7. The number of nitrogens with one attached hydrogen (secondary N) is 1. The molecule has 0 spiro atoms. The van der Waals surface area contributed by atoms with Crippen LogP contribution in [0.4, 0.5) is 5.82 Å². The zero-order chi connectivity index (χ0) is 33.6. The topological polar surface area (TPSA) is 137 Å². The van der Waals surface area contributed by atoms with Crippen LogP contribution in [0.15, 0.2) is 43.0 Å². The van der Waals surface area contributed by atoms with Gasteiger partial charge in [0.15, 0.2) is 31.5 Å². The molecule has 1 aliphatic heterocycles. The van der Waals surface area contributed by atoms with E-state index < -0.39 is 23.1 Å². The number of fused-ring (bicyclic) bond motifs is 1. The van der Waals surface area contributed by atoms with E-state index >= 15 is 0 Å². The molecule has 1 unspecified atom stereocenters. The van der Waals surface area contributed by atoms with Gasteiger partial charge in [0.2, 0.25) is 0 Å². The molecule has 1 fully saturated rings. The van der Waals surface area contributed by atoms with Gasteiger partial charge in [0, 0.05) is 24.1 Å². The van der Waals surface area contributed by atoms with Crippen molar-refractivity contribution in [2.75, 3.05) is 18.5 Å². The molecule has 0 radical (unpaired) electrons. The molecule has 3 heterocycles. The third kappa shape index (κ3) is 8.55. The molecule has 14 heteroatoms. The number of carbonyl (C=O) groups is 1. The van der Waals surface area contributed by atoms with Crippen molar-refractivity contribution in [3.63, 3.8) is 0 Å². The molecule has 1 aromatic carbocycles. The summed E-state index contributed by atoms with van der Waals surface area (Å²) in [7, 11) is -3.63. The lowest BCUT2D eigenvalue weighted by Gasteiger charge is -2.39. The molecule has 46 heavy (non-hydrogen) atoms. The molecule has 1 aliphatic rings. The van der Waals surface area contributed by atoms with Crippen LogP contribution in [0.5, 0.6) is 0 Å². The molecule has 4 rings (SSSR count). The van der Waals surface area contributed by atoms with E-state index in [0.717, 1.165) is 0 Å². The molecule has 0 aliphatic carbocycles. The molecule has 12 nitrogen and oxygen atoms in total. The number of hydrogen-bond donors (Lipinski definition) is 1. The summed E-state index contributed by atoms with van der Waals surface area (Å²) in [6.45, 7) is 20.1. The SMILES string of the molecule is CC(C)N(C(C)C)P(OCCC#N)OC[C@@H]1C[C@@H](O[Si](C)(C)C(C)(C)C)[C@H](n2cnc3c(NC(=O)c4ccccc4)ncnc32)O1. The Morgan fingerprint density at radius 1 is 1.15 bits per heavy atom. The zero-order valence-electron chi connectivity index (χ0n) is 28.4. The van der Waals surface area contributed by atoms with Crippen LogP contribution in [-0.2, 0) is 18.2 Å². The molecule has 3 aromatic rings. The van der Waals surface area contributed by atoms with Crippen molar-refractivity contribution in [2.45, 2.75) is 110 Å². The summed E-state index contributed by atoms with van der Waals surface area (Å²) in [4.78, 5) is 26.4. The van der Waals surface area contributed by atoms with Crippen LogP contribution in [0.1, 0.15) is 77.9 Å². The number of imidazole rings is 1. The number of rotatable bonds is 14. The van der Waals surface area contributed by atoms with Crippen LogP contribution in [-0.4, -0.2) is 75.9 Å². The number of ether oxygens (including phenoxy) is 1. The molecule has 250 valence electrons. The normalized spacial score (nSPS) is 19.7. The van der Waals surface area contributed by atoms with E-state index in [2.05, 4.69) is 92.6 Å². The highest BCUT2D eigenvalue weighted by atomic mass is 31.2. The minimum atomic E-state index is -2.21. The standard InChI is InChI=1S/C32H48N7O5PSi/c1-22(2)39(23(3)4)45(41-17-13-16-33)42-19-25-18-26(44-46(8,9)32(5,6)7)31(43-25)38-21-36-27-28(34-20-35-29(27)38)37-30(40)24-14-11-10-12-15-24/h10-12,14-15,20-23,25-26,31H,13,17-19H2,1-9H3,(H,34,35,37,40)/t25-,26+,31+,45?/m0/s1. The number of nitriles is 1. The van der Waals surface area contributed by atoms with Gasteiger partial charge in [-0.2, -0.15) is 5.26 Å². The first-order valence-corrected chi connectivity index (χ1v) is 19.9. The molecule has 4 atom stereocenters. The fraction of sp³-hybridized carbons (Fsp3) is 0.594. The van der Waals surface area contributed by atoms with Gasteiger partial charge < -0.3 is 23.5 Å². The highest BCUT2D eigenvalue weighted by molar-refractivity contribution is 7.44. The second-order valence-electron chi connectivity index (χ2n) is 13.5. The predicted octanol–water partition coefficient (Wildman–Crippen LogP) is 7.05. The van der Waals surface area contributed by atoms with Gasteiger partial charge in [-0.25, -0.2) is 19.6 Å². The lowest BCUT2D eigenvalue weighted by Crippen LogP contribution is -2.45. The summed E-state index contributed by atoms with van der Waals surface area (Å²) in [6, 6.07) is 11.5. The molecule has 1 N–H and O–H groups in total. The number of carbonyl (C=O) groups excluding carboxylic acids is 1. The Balaban J connectivity index is 1.61. The van der Waals surface area contributed by atoms with Crippen LogP contribution < -0.4 is 5.32 Å². The Bertz CT molecular complexity index is 1480. The van der Waals surface area contributed by atoms with Crippen molar-refractivity contribution in [3.05, 3.63) is 48.5 Å². The fourth-order valence-corrected chi connectivity index (χ4v) is 8.05. The summed E-state index contributed by atoms with van der Waals surface area (Å²) in [5.41, 5.74) is 1.50. The smallest absolute Gasteiger partial charge is 0.259 e. The fourth-order valence-electron chi connectivity index (χ4n) is 5.09. The number of hydrogen-bond acceptors (Lipinski definition) is 10. The molecular weight excluding hydrogens is 621 g/mol. The third-order valence-electron chi connectivity index (χ3n) is 8.33. The Morgan fingerprint density at radius 3 is 2.48 bits per heavy atom. The summed E-state index contributed by atoms with van der Waals surface area (Å²) >= 11 is 0. The predicted molar refractivity (Wildman–Crippen MR) is 181 cm³/mol. The van der Waals surface area contributed by atoms with Gasteiger partial charge in [-0.05, 0) is 58.0 Å². The minimum Gasteiger partial charge on any atom is -0.409 e. The zero-order valence-corrected chi connectivity index (χ0v) is 30.3. The molecular formula is C32H48N7O5PSi. The van der Waals surface area contributed by atoms with E-state index in [1.54, 1.807) is 18.5 Å². The molecule has 1 amide bonds. The Kier molecular flexibility index (Phi) is 12.0. The summed E-state index contributed by atoms with van der Waals surface area (Å²) in [5.74, 6) is 0.0360. The second-order valence-corrected chi connectivity index (χ2v) is 19.7. The molecule has 0 saturated carbocycles. The van der Waals surface area contributed by atoms with Gasteiger partial charge in [-0.3, -0.25) is 9.36 Å². The van der Waals surface area contributed by atoms with Gasteiger partial charge in [-0.1, -0.05) is 39.0 Å². The van der Waals surface area contributed by atoms with Gasteiger partial charge in [0.05, 0.1) is 44.2 Å². The molecule has 0 bridgehead atoms. The van der Waals surface area contributed by atoms with E-state index in [4.69, 9.17) is 23.5 Å². The Labute approximate surface area is 274 Å². The number of aromatic nitrogens is 4. The highest BCUT2D eigenvalue weighted by Crippen LogP contribution is 2.48. The van der Waals surface area contributed by atoms with E-state index in [1.807, 2.05) is 22.8 Å².